The number of hydrogen-bond donors (Lipinski definition) is 0. The van der Waals surface area contributed by atoms with Crippen LogP contribution in [0.2, 0.25) is 0 Å². The summed E-state index contributed by atoms with van der Waals surface area (Å²) in [5.74, 6) is -0.601. The summed E-state index contributed by atoms with van der Waals surface area (Å²) < 4.78 is 45.7. The Balaban J connectivity index is 2.25. The predicted molar refractivity (Wildman–Crippen MR) is 84.7 cm³/mol. The average Bonchev–Trinajstić information content (AvgIpc) is 2.55. The SMILES string of the molecule is CCOC(=O)C1(C(C)OS(=O)(=O)c2ccc(C)cc2)COCOC1. The summed E-state index contributed by atoms with van der Waals surface area (Å²) in [5.41, 5.74) is -0.398. The Kier molecular flexibility index (Phi) is 5.97. The average molecular weight is 358 g/mol. The fraction of sp³-hybridized carbons (Fsp3) is 0.562. The summed E-state index contributed by atoms with van der Waals surface area (Å²) >= 11 is 0. The van der Waals surface area contributed by atoms with E-state index in [0.29, 0.717) is 0 Å². The van der Waals surface area contributed by atoms with Gasteiger partial charge in [0.15, 0.2) is 0 Å². The van der Waals surface area contributed by atoms with Crippen LogP contribution in [-0.2, 0) is 33.3 Å². The predicted octanol–water partition coefficient (Wildman–Crippen LogP) is 1.64. The van der Waals surface area contributed by atoms with Crippen LogP contribution in [0, 0.1) is 12.3 Å². The van der Waals surface area contributed by atoms with Crippen LogP contribution in [-0.4, -0.2) is 47.1 Å². The third-order valence-electron chi connectivity index (χ3n) is 3.93. The van der Waals surface area contributed by atoms with E-state index in [-0.39, 0.29) is 31.5 Å². The number of hydrogen-bond acceptors (Lipinski definition) is 7. The Morgan fingerprint density at radius 2 is 1.83 bits per heavy atom. The van der Waals surface area contributed by atoms with E-state index in [1.54, 1.807) is 19.1 Å². The van der Waals surface area contributed by atoms with E-state index in [2.05, 4.69) is 0 Å². The fourth-order valence-electron chi connectivity index (χ4n) is 2.38. The molecule has 1 saturated heterocycles. The Morgan fingerprint density at radius 3 is 2.38 bits per heavy atom. The first kappa shape index (κ1) is 18.9. The van der Waals surface area contributed by atoms with Crippen molar-refractivity contribution in [1.82, 2.24) is 0 Å². The van der Waals surface area contributed by atoms with Gasteiger partial charge in [0.2, 0.25) is 0 Å². The molecule has 0 N–H and O–H groups in total. The van der Waals surface area contributed by atoms with Crippen LogP contribution in [0.1, 0.15) is 19.4 Å². The highest BCUT2D eigenvalue weighted by atomic mass is 32.2. The molecule has 1 aromatic carbocycles. The molecule has 0 bridgehead atoms. The van der Waals surface area contributed by atoms with Crippen molar-refractivity contribution in [2.45, 2.75) is 31.8 Å². The molecule has 1 unspecified atom stereocenters. The highest BCUT2D eigenvalue weighted by Gasteiger charge is 2.50. The maximum atomic E-state index is 12.5. The molecule has 2 rings (SSSR count). The minimum Gasteiger partial charge on any atom is -0.465 e. The van der Waals surface area contributed by atoms with Gasteiger partial charge in [0.05, 0.1) is 30.8 Å². The fourth-order valence-corrected chi connectivity index (χ4v) is 3.53. The quantitative estimate of drug-likeness (QED) is 0.564. The summed E-state index contributed by atoms with van der Waals surface area (Å²) in [6.07, 6.45) is -1.01. The molecule has 0 radical (unpaired) electrons. The van der Waals surface area contributed by atoms with Crippen molar-refractivity contribution < 1.29 is 31.6 Å². The molecule has 134 valence electrons. The zero-order valence-electron chi connectivity index (χ0n) is 14.0. The molecule has 0 aromatic heterocycles. The standard InChI is InChI=1S/C16H22O7S/c1-4-22-15(17)16(9-20-11-21-10-16)13(3)23-24(18,19)14-7-5-12(2)6-8-14/h5-8,13H,4,9-11H2,1-3H3. The molecule has 24 heavy (non-hydrogen) atoms. The summed E-state index contributed by atoms with van der Waals surface area (Å²) in [4.78, 5) is 12.4. The van der Waals surface area contributed by atoms with E-state index < -0.39 is 27.6 Å². The van der Waals surface area contributed by atoms with E-state index in [9.17, 15) is 13.2 Å². The van der Waals surface area contributed by atoms with Gasteiger partial charge < -0.3 is 14.2 Å². The van der Waals surface area contributed by atoms with Crippen molar-refractivity contribution in [3.8, 4) is 0 Å². The molecule has 1 aliphatic heterocycles. The smallest absolute Gasteiger partial charge is 0.319 e. The third-order valence-corrected chi connectivity index (χ3v) is 5.32. The molecule has 1 aromatic rings. The molecule has 0 saturated carbocycles. The van der Waals surface area contributed by atoms with Crippen molar-refractivity contribution in [2.24, 2.45) is 5.41 Å². The number of benzene rings is 1. The van der Waals surface area contributed by atoms with Gasteiger partial charge in [-0.1, -0.05) is 17.7 Å². The van der Waals surface area contributed by atoms with Gasteiger partial charge in [-0.15, -0.1) is 0 Å². The highest BCUT2D eigenvalue weighted by Crippen LogP contribution is 2.32. The molecule has 0 amide bonds. The molecule has 0 aliphatic carbocycles. The van der Waals surface area contributed by atoms with Crippen molar-refractivity contribution in [3.05, 3.63) is 29.8 Å². The lowest BCUT2D eigenvalue weighted by Gasteiger charge is -2.37. The van der Waals surface area contributed by atoms with Gasteiger partial charge in [0.25, 0.3) is 10.1 Å². The molecule has 8 heteroatoms. The Morgan fingerprint density at radius 1 is 1.25 bits per heavy atom. The molecule has 1 atom stereocenters. The van der Waals surface area contributed by atoms with Gasteiger partial charge >= 0.3 is 5.97 Å². The normalized spacial score (nSPS) is 18.8. The van der Waals surface area contributed by atoms with E-state index in [4.69, 9.17) is 18.4 Å². The van der Waals surface area contributed by atoms with Gasteiger partial charge in [-0.25, -0.2) is 0 Å². The van der Waals surface area contributed by atoms with Crippen molar-refractivity contribution >= 4 is 16.1 Å². The molecular formula is C16H22O7S. The van der Waals surface area contributed by atoms with Crippen molar-refractivity contribution in [3.63, 3.8) is 0 Å². The number of carbonyl (C=O) groups excluding carboxylic acids is 1. The number of carbonyl (C=O) groups is 1. The minimum absolute atomic E-state index is 0.0246. The second-order valence-corrected chi connectivity index (χ2v) is 7.27. The second kappa shape index (κ2) is 7.60. The van der Waals surface area contributed by atoms with Crippen molar-refractivity contribution in [2.75, 3.05) is 26.6 Å². The number of ether oxygens (including phenoxy) is 3. The van der Waals surface area contributed by atoms with E-state index in [1.165, 1.54) is 19.1 Å². The first-order valence-electron chi connectivity index (χ1n) is 7.64. The Hall–Kier alpha value is -1.48. The van der Waals surface area contributed by atoms with Crippen LogP contribution in [0.15, 0.2) is 29.2 Å². The zero-order chi connectivity index (χ0) is 17.8. The molecule has 7 nitrogen and oxygen atoms in total. The Labute approximate surface area is 142 Å². The lowest BCUT2D eigenvalue weighted by Crippen LogP contribution is -2.53. The Bertz CT molecular complexity index is 660. The van der Waals surface area contributed by atoms with Gasteiger partial charge in [0.1, 0.15) is 12.2 Å². The van der Waals surface area contributed by atoms with Crippen LogP contribution in [0.25, 0.3) is 0 Å². The number of esters is 1. The summed E-state index contributed by atoms with van der Waals surface area (Å²) in [5, 5.41) is 0. The van der Waals surface area contributed by atoms with E-state index >= 15 is 0 Å². The minimum atomic E-state index is -4.03. The maximum absolute atomic E-state index is 12.5. The van der Waals surface area contributed by atoms with Gasteiger partial charge in [-0.2, -0.15) is 8.42 Å². The van der Waals surface area contributed by atoms with Crippen molar-refractivity contribution in [1.29, 1.82) is 0 Å². The molecular weight excluding hydrogens is 336 g/mol. The summed E-state index contributed by atoms with van der Waals surface area (Å²) in [7, 11) is -4.03. The first-order chi connectivity index (χ1) is 11.3. The van der Waals surface area contributed by atoms with Crippen LogP contribution in [0.3, 0.4) is 0 Å². The molecule has 0 spiro atoms. The van der Waals surface area contributed by atoms with E-state index in [1.807, 2.05) is 6.92 Å². The van der Waals surface area contributed by atoms with Crippen LogP contribution < -0.4 is 0 Å². The first-order valence-corrected chi connectivity index (χ1v) is 9.05. The summed E-state index contributed by atoms with van der Waals surface area (Å²) in [6.45, 7) is 5.17. The van der Waals surface area contributed by atoms with Crippen LogP contribution in [0.5, 0.6) is 0 Å². The third kappa shape index (κ3) is 3.94. The number of aryl methyl sites for hydroxylation is 1. The second-order valence-electron chi connectivity index (χ2n) is 5.70. The van der Waals surface area contributed by atoms with Crippen LogP contribution in [0.4, 0.5) is 0 Å². The topological polar surface area (TPSA) is 88.1 Å². The molecule has 1 fully saturated rings. The molecule has 1 aliphatic rings. The number of rotatable bonds is 6. The van der Waals surface area contributed by atoms with Crippen LogP contribution >= 0.6 is 0 Å². The van der Waals surface area contributed by atoms with Gasteiger partial charge in [0, 0.05) is 0 Å². The van der Waals surface area contributed by atoms with Gasteiger partial charge in [-0.05, 0) is 32.9 Å². The highest BCUT2D eigenvalue weighted by molar-refractivity contribution is 7.86. The van der Waals surface area contributed by atoms with Gasteiger partial charge in [-0.3, -0.25) is 8.98 Å². The maximum Gasteiger partial charge on any atom is 0.319 e. The molecule has 1 heterocycles. The largest absolute Gasteiger partial charge is 0.465 e. The lowest BCUT2D eigenvalue weighted by atomic mass is 9.84. The lowest BCUT2D eigenvalue weighted by molar-refractivity contribution is -0.209. The monoisotopic (exact) mass is 358 g/mol. The van der Waals surface area contributed by atoms with E-state index in [0.717, 1.165) is 5.56 Å². The summed E-state index contributed by atoms with van der Waals surface area (Å²) in [6, 6.07) is 6.27. The zero-order valence-corrected chi connectivity index (χ0v) is 14.8.